The average Bonchev–Trinajstić information content (AvgIpc) is 3.39. The summed E-state index contributed by atoms with van der Waals surface area (Å²) in [6.45, 7) is 1.84. The first-order valence-corrected chi connectivity index (χ1v) is 12.9. The van der Waals surface area contributed by atoms with E-state index >= 15 is 0 Å². The first-order chi connectivity index (χ1) is 15.8. The Balaban J connectivity index is 1.72. The van der Waals surface area contributed by atoms with Crippen LogP contribution in [-0.2, 0) is 24.2 Å². The maximum atomic E-state index is 13.6. The molecule has 182 valence electrons. The van der Waals surface area contributed by atoms with Gasteiger partial charge in [0, 0.05) is 36.1 Å². The number of nitrogen functional groups attached to an aromatic ring is 2. The average molecular weight is 494 g/mol. The summed E-state index contributed by atoms with van der Waals surface area (Å²) in [5, 5.41) is 9.30. The van der Waals surface area contributed by atoms with Gasteiger partial charge in [0.2, 0.25) is 5.91 Å². The maximum absolute atomic E-state index is 13.6. The number of urea groups is 1. The highest BCUT2D eigenvalue weighted by Gasteiger charge is 2.33. The standard InChI is InChI=1S/C22H35N7O2S2/c1-25-12-15(10-14-4-5-17-16(11-14)19(23)20(24)33-17)21(30)29(13-18-26-7-9-32-18)22(31)27-6-8-28(2)3/h7,9,14-15,25H,4-6,8,10-13,23-24H2,1-3H3,(H,27,31)/t14-,15-/m1/s1. The van der Waals surface area contributed by atoms with Crippen LogP contribution in [0.4, 0.5) is 15.5 Å². The summed E-state index contributed by atoms with van der Waals surface area (Å²) in [5.74, 6) is -0.182. The lowest BCUT2D eigenvalue weighted by Crippen LogP contribution is -2.49. The number of rotatable bonds is 10. The lowest BCUT2D eigenvalue weighted by atomic mass is 9.81. The van der Waals surface area contributed by atoms with Gasteiger partial charge in [-0.25, -0.2) is 9.78 Å². The van der Waals surface area contributed by atoms with Gasteiger partial charge < -0.3 is 27.0 Å². The molecule has 9 nitrogen and oxygen atoms in total. The SMILES string of the molecule is CNC[C@@H](C[C@H]1CCc2sc(N)c(N)c2C1)C(=O)N(Cc1nccs1)C(=O)NCCN(C)C. The Morgan fingerprint density at radius 1 is 1.33 bits per heavy atom. The van der Waals surface area contributed by atoms with E-state index in [0.717, 1.165) is 29.8 Å². The van der Waals surface area contributed by atoms with Crippen molar-refractivity contribution >= 4 is 45.3 Å². The van der Waals surface area contributed by atoms with Crippen LogP contribution < -0.4 is 22.1 Å². The van der Waals surface area contributed by atoms with Gasteiger partial charge in [0.15, 0.2) is 0 Å². The molecule has 33 heavy (non-hydrogen) atoms. The molecule has 3 rings (SSSR count). The molecule has 6 N–H and O–H groups in total. The Morgan fingerprint density at radius 3 is 2.79 bits per heavy atom. The molecule has 0 saturated carbocycles. The van der Waals surface area contributed by atoms with Crippen LogP contribution >= 0.6 is 22.7 Å². The smallest absolute Gasteiger partial charge is 0.324 e. The summed E-state index contributed by atoms with van der Waals surface area (Å²) in [6, 6.07) is -0.376. The third kappa shape index (κ3) is 6.66. The third-order valence-corrected chi connectivity index (χ3v) is 7.87. The highest BCUT2D eigenvalue weighted by atomic mass is 32.1. The Labute approximate surface area is 203 Å². The number of hydrogen-bond donors (Lipinski definition) is 4. The molecule has 1 aliphatic rings. The lowest BCUT2D eigenvalue weighted by Gasteiger charge is -2.30. The fraction of sp³-hybridized carbons (Fsp3) is 0.591. The van der Waals surface area contributed by atoms with Gasteiger partial charge in [-0.15, -0.1) is 22.7 Å². The number of thiazole rings is 1. The number of likely N-dealkylation sites (N-methyl/N-ethyl adjacent to an activating group) is 1. The van der Waals surface area contributed by atoms with E-state index in [1.807, 2.05) is 31.4 Å². The van der Waals surface area contributed by atoms with E-state index in [-0.39, 0.29) is 24.4 Å². The monoisotopic (exact) mass is 493 g/mol. The van der Waals surface area contributed by atoms with Gasteiger partial charge in [-0.1, -0.05) is 0 Å². The molecule has 2 aromatic heterocycles. The highest BCUT2D eigenvalue weighted by Crippen LogP contribution is 2.41. The Kier molecular flexibility index (Phi) is 9.07. The van der Waals surface area contributed by atoms with Gasteiger partial charge >= 0.3 is 6.03 Å². The molecule has 0 fully saturated rings. The summed E-state index contributed by atoms with van der Waals surface area (Å²) in [7, 11) is 5.72. The van der Waals surface area contributed by atoms with E-state index in [0.29, 0.717) is 42.7 Å². The van der Waals surface area contributed by atoms with Crippen LogP contribution in [0.2, 0.25) is 0 Å². The molecule has 0 aliphatic heterocycles. The molecule has 0 bridgehead atoms. The van der Waals surface area contributed by atoms with Crippen LogP contribution in [0.15, 0.2) is 11.6 Å². The van der Waals surface area contributed by atoms with Crippen molar-refractivity contribution < 1.29 is 9.59 Å². The number of aromatic nitrogens is 1. The van der Waals surface area contributed by atoms with Crippen LogP contribution in [-0.4, -0.2) is 67.5 Å². The van der Waals surface area contributed by atoms with E-state index in [9.17, 15) is 9.59 Å². The quantitative estimate of drug-likeness (QED) is 0.398. The number of fused-ring (bicyclic) bond motifs is 1. The van der Waals surface area contributed by atoms with Crippen molar-refractivity contribution in [1.29, 1.82) is 0 Å². The van der Waals surface area contributed by atoms with Crippen molar-refractivity contribution in [2.45, 2.75) is 32.2 Å². The molecule has 2 heterocycles. The molecule has 2 aromatic rings. The summed E-state index contributed by atoms with van der Waals surface area (Å²) >= 11 is 3.02. The van der Waals surface area contributed by atoms with E-state index in [4.69, 9.17) is 11.5 Å². The number of thiophene rings is 1. The number of carbonyl (C=O) groups is 2. The predicted molar refractivity (Wildman–Crippen MR) is 135 cm³/mol. The minimum absolute atomic E-state index is 0.174. The van der Waals surface area contributed by atoms with Crippen LogP contribution in [0, 0.1) is 11.8 Å². The fourth-order valence-electron chi connectivity index (χ4n) is 4.24. The molecule has 2 atom stereocenters. The molecule has 0 aromatic carbocycles. The van der Waals surface area contributed by atoms with Crippen molar-refractivity contribution in [3.63, 3.8) is 0 Å². The van der Waals surface area contributed by atoms with Gasteiger partial charge in [-0.3, -0.25) is 9.69 Å². The zero-order chi connectivity index (χ0) is 24.0. The van der Waals surface area contributed by atoms with Crippen molar-refractivity contribution in [2.24, 2.45) is 11.8 Å². The van der Waals surface area contributed by atoms with Crippen LogP contribution in [0.5, 0.6) is 0 Å². The van der Waals surface area contributed by atoms with Crippen LogP contribution in [0.25, 0.3) is 0 Å². The molecule has 0 saturated heterocycles. The van der Waals surface area contributed by atoms with E-state index in [2.05, 4.69) is 15.6 Å². The number of nitrogens with zero attached hydrogens (tertiary/aromatic N) is 3. The minimum Gasteiger partial charge on any atom is -0.396 e. The Bertz CT molecular complexity index is 930. The number of amides is 3. The largest absolute Gasteiger partial charge is 0.396 e. The van der Waals surface area contributed by atoms with Crippen LogP contribution in [0.3, 0.4) is 0 Å². The molecule has 0 spiro atoms. The number of aryl methyl sites for hydroxylation is 1. The van der Waals surface area contributed by atoms with Gasteiger partial charge in [-0.2, -0.15) is 0 Å². The van der Waals surface area contributed by atoms with Gasteiger partial charge in [0.05, 0.1) is 18.2 Å². The number of hydrogen-bond acceptors (Lipinski definition) is 9. The molecule has 3 amide bonds. The zero-order valence-electron chi connectivity index (χ0n) is 19.6. The Morgan fingerprint density at radius 2 is 2.12 bits per heavy atom. The zero-order valence-corrected chi connectivity index (χ0v) is 21.2. The normalized spacial score (nSPS) is 16.4. The van der Waals surface area contributed by atoms with Crippen molar-refractivity contribution in [3.05, 3.63) is 27.0 Å². The molecular weight excluding hydrogens is 458 g/mol. The van der Waals surface area contributed by atoms with Gasteiger partial charge in [-0.05, 0) is 58.3 Å². The Hall–Kier alpha value is -2.21. The highest BCUT2D eigenvalue weighted by molar-refractivity contribution is 7.16. The number of anilines is 2. The van der Waals surface area contributed by atoms with Crippen molar-refractivity contribution in [1.82, 2.24) is 25.4 Å². The molecule has 1 aliphatic carbocycles. The second-order valence-electron chi connectivity index (χ2n) is 8.77. The minimum atomic E-state index is -0.376. The van der Waals surface area contributed by atoms with Gasteiger partial charge in [0.25, 0.3) is 0 Å². The predicted octanol–water partition coefficient (Wildman–Crippen LogP) is 2.00. The lowest BCUT2D eigenvalue weighted by molar-refractivity contribution is -0.133. The second-order valence-corrected chi connectivity index (χ2v) is 10.9. The first-order valence-electron chi connectivity index (χ1n) is 11.2. The van der Waals surface area contributed by atoms with E-state index in [1.165, 1.54) is 21.1 Å². The summed E-state index contributed by atoms with van der Waals surface area (Å²) in [6.07, 6.45) is 5.12. The van der Waals surface area contributed by atoms with E-state index in [1.54, 1.807) is 17.5 Å². The van der Waals surface area contributed by atoms with Gasteiger partial charge in [0.1, 0.15) is 10.0 Å². The summed E-state index contributed by atoms with van der Waals surface area (Å²) < 4.78 is 0. The number of imide groups is 1. The van der Waals surface area contributed by atoms with E-state index < -0.39 is 0 Å². The number of nitrogens with two attached hydrogens (primary N) is 2. The molecular formula is C22H35N7O2S2. The molecule has 0 unspecified atom stereocenters. The summed E-state index contributed by atoms with van der Waals surface area (Å²) in [5.41, 5.74) is 14.1. The maximum Gasteiger partial charge on any atom is 0.324 e. The summed E-state index contributed by atoms with van der Waals surface area (Å²) in [4.78, 5) is 35.5. The number of carbonyl (C=O) groups excluding carboxylic acids is 2. The van der Waals surface area contributed by atoms with Crippen LogP contribution in [0.1, 0.15) is 28.3 Å². The fourth-order valence-corrected chi connectivity index (χ4v) is 5.88. The molecule has 0 radical (unpaired) electrons. The van der Waals surface area contributed by atoms with Crippen molar-refractivity contribution in [3.8, 4) is 0 Å². The first kappa shape index (κ1) is 25.4. The topological polar surface area (TPSA) is 130 Å². The number of nitrogens with one attached hydrogen (secondary N) is 2. The third-order valence-electron chi connectivity index (χ3n) is 5.97. The molecule has 11 heteroatoms. The second kappa shape index (κ2) is 11.8. The van der Waals surface area contributed by atoms with Crippen molar-refractivity contribution in [2.75, 3.05) is 52.2 Å².